The number of rotatable bonds is 6. The molecule has 1 aliphatic rings. The molecule has 24 heavy (non-hydrogen) atoms. The van der Waals surface area contributed by atoms with Crippen LogP contribution in [0.3, 0.4) is 0 Å². The molecule has 0 radical (unpaired) electrons. The number of halogens is 9. The normalized spacial score (nSPS) is 17.1. The standard InChI is InChI=1S/C6H9B3Cl9N3Si3/c1-4(22(10,11)12)7-19-8(5(2)23(13,14)15)21-9(20-7)6(3)24(16,17)18/h19-21H,1-3H2. The summed E-state index contributed by atoms with van der Waals surface area (Å²) in [6, 6.07) is -9.70. The highest BCUT2D eigenvalue weighted by atomic mass is 35.9. The summed E-state index contributed by atoms with van der Waals surface area (Å²) in [7, 11) is 0. The first kappa shape index (κ1) is 24.6. The largest absolute Gasteiger partial charge is 0.364 e. The molecule has 1 rings (SSSR count). The van der Waals surface area contributed by atoms with E-state index in [-0.39, 0.29) is 0 Å². The zero-order valence-corrected chi connectivity index (χ0v) is 21.6. The van der Waals surface area contributed by atoms with Gasteiger partial charge in [0.15, 0.2) is 0 Å². The van der Waals surface area contributed by atoms with Gasteiger partial charge in [-0.1, -0.05) is 0 Å². The molecular weight excluding hydrogens is 550 g/mol. The molecule has 0 aromatic heterocycles. The average Bonchev–Trinajstić information content (AvgIpc) is 2.41. The molecule has 0 unspecified atom stereocenters. The fourth-order valence-electron chi connectivity index (χ4n) is 1.74. The van der Waals surface area contributed by atoms with Crippen LogP contribution in [-0.4, -0.2) is 39.0 Å². The Kier molecular flexibility index (Phi) is 9.14. The highest BCUT2D eigenvalue weighted by molar-refractivity contribution is 7.71. The van der Waals surface area contributed by atoms with Crippen LogP contribution in [0, 0.1) is 0 Å². The van der Waals surface area contributed by atoms with Crippen molar-refractivity contribution in [2.24, 2.45) is 0 Å². The van der Waals surface area contributed by atoms with E-state index in [2.05, 4.69) is 35.2 Å². The molecule has 0 spiro atoms. The van der Waals surface area contributed by atoms with E-state index in [4.69, 9.17) is 99.7 Å². The Morgan fingerprint density at radius 1 is 0.500 bits per heavy atom. The first-order chi connectivity index (χ1) is 10.5. The van der Waals surface area contributed by atoms with Crippen LogP contribution in [0.1, 0.15) is 0 Å². The minimum atomic E-state index is -3.23. The summed E-state index contributed by atoms with van der Waals surface area (Å²) in [6.07, 6.45) is 0. The van der Waals surface area contributed by atoms with Crippen LogP contribution < -0.4 is 15.4 Å². The van der Waals surface area contributed by atoms with E-state index < -0.39 is 39.0 Å². The predicted octanol–water partition coefficient (Wildman–Crippen LogP) is 4.10. The molecule has 0 saturated carbocycles. The predicted molar refractivity (Wildman–Crippen MR) is 124 cm³/mol. The van der Waals surface area contributed by atoms with Crippen molar-refractivity contribution in [2.75, 3.05) is 0 Å². The molecule has 0 bridgehead atoms. The van der Waals surface area contributed by atoms with Crippen molar-refractivity contribution < 1.29 is 0 Å². The first-order valence-corrected chi connectivity index (χ1v) is 21.2. The van der Waals surface area contributed by atoms with Crippen molar-refractivity contribution in [3.63, 3.8) is 0 Å². The third-order valence-electron chi connectivity index (χ3n) is 3.14. The van der Waals surface area contributed by atoms with Crippen LogP contribution in [0.5, 0.6) is 0 Å². The van der Waals surface area contributed by atoms with Gasteiger partial charge in [0.25, 0.3) is 0 Å². The topological polar surface area (TPSA) is 36.1 Å². The van der Waals surface area contributed by atoms with Crippen molar-refractivity contribution in [3.05, 3.63) is 35.0 Å². The molecule has 0 aromatic rings. The summed E-state index contributed by atoms with van der Waals surface area (Å²) in [6.45, 7) is 9.64. The number of nitrogens with one attached hydrogen (secondary N) is 3. The third-order valence-corrected chi connectivity index (χ3v) is 12.7. The SMILES string of the molecule is C=C(B1NB(C(=C)[Si](Cl)(Cl)Cl)NB(C(=C)[Si](Cl)(Cl)Cl)N1)[Si](Cl)(Cl)Cl. The summed E-state index contributed by atoms with van der Waals surface area (Å²) >= 11 is 54.3. The van der Waals surface area contributed by atoms with Gasteiger partial charge in [-0.2, -0.15) is 0 Å². The van der Waals surface area contributed by atoms with Crippen LogP contribution in [0.2, 0.25) is 0 Å². The Labute approximate surface area is 187 Å². The molecule has 0 atom stereocenters. The van der Waals surface area contributed by atoms with Gasteiger partial charge in [-0.05, 0) is 15.3 Å². The van der Waals surface area contributed by atoms with Crippen LogP contribution >= 0.6 is 99.7 Å². The summed E-state index contributed by atoms with van der Waals surface area (Å²) in [5.41, 5.74) is 0. The monoisotopic (exact) mass is 555 g/mol. The molecule has 0 aliphatic carbocycles. The Bertz CT molecular complexity index is 465. The van der Waals surface area contributed by atoms with E-state index in [1.54, 1.807) is 0 Å². The van der Waals surface area contributed by atoms with Gasteiger partial charge in [0, 0.05) is 0 Å². The van der Waals surface area contributed by atoms with Gasteiger partial charge < -0.3 is 15.4 Å². The number of hydrogen-bond acceptors (Lipinski definition) is 3. The van der Waals surface area contributed by atoms with Crippen molar-refractivity contribution in [1.29, 1.82) is 0 Å². The van der Waals surface area contributed by atoms with Crippen LogP contribution in [0.4, 0.5) is 0 Å². The van der Waals surface area contributed by atoms with E-state index >= 15 is 0 Å². The van der Waals surface area contributed by atoms with Gasteiger partial charge in [-0.3, -0.25) is 0 Å². The summed E-state index contributed by atoms with van der Waals surface area (Å²) < 4.78 is 0. The van der Waals surface area contributed by atoms with E-state index in [1.165, 1.54) is 0 Å². The molecule has 3 N–H and O–H groups in total. The van der Waals surface area contributed by atoms with Crippen molar-refractivity contribution in [1.82, 2.24) is 15.4 Å². The van der Waals surface area contributed by atoms with Crippen LogP contribution in [-0.2, 0) is 0 Å². The van der Waals surface area contributed by atoms with E-state index in [0.29, 0.717) is 15.3 Å². The molecule has 1 fully saturated rings. The second-order valence-electron chi connectivity index (χ2n) is 4.87. The van der Waals surface area contributed by atoms with Gasteiger partial charge in [0.1, 0.15) is 0 Å². The maximum Gasteiger partial charge on any atom is 0.362 e. The molecular formula is C6H9B3Cl9N3Si3. The molecule has 132 valence electrons. The lowest BCUT2D eigenvalue weighted by atomic mass is 9.49. The Balaban J connectivity index is 3.14. The van der Waals surface area contributed by atoms with Crippen molar-refractivity contribution in [3.8, 4) is 0 Å². The Morgan fingerprint density at radius 3 is 0.792 bits per heavy atom. The lowest BCUT2D eigenvalue weighted by molar-refractivity contribution is 1.18. The molecule has 1 aliphatic heterocycles. The van der Waals surface area contributed by atoms with E-state index in [1.807, 2.05) is 0 Å². The first-order valence-electron chi connectivity index (χ1n) is 6.11. The zero-order valence-electron chi connectivity index (χ0n) is 11.8. The molecule has 1 heterocycles. The van der Waals surface area contributed by atoms with E-state index in [0.717, 1.165) is 0 Å². The highest BCUT2D eigenvalue weighted by Crippen LogP contribution is 2.33. The fourth-order valence-corrected chi connectivity index (χ4v) is 6.17. The molecule has 1 saturated heterocycles. The lowest BCUT2D eigenvalue weighted by Gasteiger charge is -2.38. The molecule has 3 nitrogen and oxygen atoms in total. The summed E-state index contributed by atoms with van der Waals surface area (Å²) in [5.74, 6) is 0. The molecule has 18 heteroatoms. The number of hydrogen-bond donors (Lipinski definition) is 3. The Morgan fingerprint density at radius 2 is 0.667 bits per heavy atom. The second kappa shape index (κ2) is 8.92. The maximum absolute atomic E-state index is 6.04. The van der Waals surface area contributed by atoms with Gasteiger partial charge in [-0.25, -0.2) is 0 Å². The van der Waals surface area contributed by atoms with Gasteiger partial charge in [-0.15, -0.1) is 119 Å². The second-order valence-corrected chi connectivity index (χ2v) is 30.3. The molecule has 0 aromatic carbocycles. The summed E-state index contributed by atoms with van der Waals surface area (Å²) in [5, 5.41) is 10.3. The smallest absolute Gasteiger partial charge is 0.362 e. The summed E-state index contributed by atoms with van der Waals surface area (Å²) in [4.78, 5) is 0. The average molecular weight is 559 g/mol. The van der Waals surface area contributed by atoms with E-state index in [9.17, 15) is 0 Å². The third kappa shape index (κ3) is 6.86. The van der Waals surface area contributed by atoms with Gasteiger partial charge in [0.05, 0.1) is 0 Å². The van der Waals surface area contributed by atoms with Crippen LogP contribution in [0.25, 0.3) is 0 Å². The van der Waals surface area contributed by atoms with Crippen LogP contribution in [0.15, 0.2) is 35.0 Å². The highest BCUT2D eigenvalue weighted by Gasteiger charge is 2.50. The zero-order chi connectivity index (χ0) is 19.1. The Hall–Kier alpha value is 2.56. The minimum absolute atomic E-state index is 0.349. The van der Waals surface area contributed by atoms with Crippen molar-refractivity contribution in [2.45, 2.75) is 0 Å². The quantitative estimate of drug-likeness (QED) is 0.339. The van der Waals surface area contributed by atoms with Crippen molar-refractivity contribution >= 4 is 139 Å². The fraction of sp³-hybridized carbons (Fsp3) is 0. The maximum atomic E-state index is 6.04. The van der Waals surface area contributed by atoms with Gasteiger partial charge in [0.2, 0.25) is 0 Å². The minimum Gasteiger partial charge on any atom is -0.364 e. The van der Waals surface area contributed by atoms with Gasteiger partial charge >= 0.3 is 39.0 Å². The lowest BCUT2D eigenvalue weighted by Crippen LogP contribution is -2.78. The molecule has 0 amide bonds.